The van der Waals surface area contributed by atoms with Gasteiger partial charge in [0.25, 0.3) is 0 Å². The van der Waals surface area contributed by atoms with Gasteiger partial charge in [0.1, 0.15) is 0 Å². The third kappa shape index (κ3) is 7.37. The molecule has 1 heterocycles. The maximum atomic E-state index is 11.3. The van der Waals surface area contributed by atoms with E-state index in [-0.39, 0.29) is 17.7 Å². The molecule has 1 atom stereocenters. The standard InChI is InChI=1S/C9H15NO2.C2H5Cl.C2H6/c1-3-9(12)10-6-4-5-8(10)7(2)11;1-2-3;1-2/h8H,3-6H2,1-2H3;2H2,1H3;1-2H3. The molecule has 0 spiro atoms. The molecule has 102 valence electrons. The summed E-state index contributed by atoms with van der Waals surface area (Å²) >= 11 is 5.00. The minimum absolute atomic E-state index is 0.104. The molecule has 1 saturated heterocycles. The molecule has 1 aliphatic heterocycles. The average molecular weight is 264 g/mol. The summed E-state index contributed by atoms with van der Waals surface area (Å²) in [7, 11) is 0. The summed E-state index contributed by atoms with van der Waals surface area (Å²) < 4.78 is 0. The van der Waals surface area contributed by atoms with E-state index in [4.69, 9.17) is 11.6 Å². The van der Waals surface area contributed by atoms with Crippen molar-refractivity contribution in [2.45, 2.75) is 59.9 Å². The van der Waals surface area contributed by atoms with Gasteiger partial charge in [-0.05, 0) is 19.8 Å². The first-order valence-corrected chi connectivity index (χ1v) is 6.97. The molecule has 0 saturated carbocycles. The van der Waals surface area contributed by atoms with Gasteiger partial charge in [-0.2, -0.15) is 0 Å². The van der Waals surface area contributed by atoms with E-state index in [0.717, 1.165) is 25.3 Å². The van der Waals surface area contributed by atoms with Crippen LogP contribution < -0.4 is 0 Å². The monoisotopic (exact) mass is 263 g/mol. The van der Waals surface area contributed by atoms with Crippen LogP contribution in [-0.4, -0.2) is 35.1 Å². The van der Waals surface area contributed by atoms with Crippen LogP contribution in [0.4, 0.5) is 0 Å². The molecule has 0 aliphatic carbocycles. The predicted octanol–water partition coefficient (Wildman–Crippen LogP) is 3.25. The molecule has 1 rings (SSSR count). The molecule has 0 radical (unpaired) electrons. The highest BCUT2D eigenvalue weighted by Gasteiger charge is 2.30. The minimum atomic E-state index is -0.127. The Kier molecular flexibility index (Phi) is 13.2. The topological polar surface area (TPSA) is 37.4 Å². The van der Waals surface area contributed by atoms with Gasteiger partial charge in [-0.25, -0.2) is 0 Å². The second kappa shape index (κ2) is 11.9. The first kappa shape index (κ1) is 18.8. The van der Waals surface area contributed by atoms with Crippen molar-refractivity contribution in [2.75, 3.05) is 12.4 Å². The van der Waals surface area contributed by atoms with Crippen LogP contribution in [0.1, 0.15) is 53.9 Å². The van der Waals surface area contributed by atoms with E-state index >= 15 is 0 Å². The SMILES string of the molecule is CC.CCC(=O)N1CCCC1C(C)=O.CCCl. The Morgan fingerprint density at radius 1 is 1.29 bits per heavy atom. The van der Waals surface area contributed by atoms with E-state index in [9.17, 15) is 9.59 Å². The first-order chi connectivity index (χ1) is 8.08. The van der Waals surface area contributed by atoms with Crippen LogP contribution in [0, 0.1) is 0 Å². The number of hydrogen-bond acceptors (Lipinski definition) is 2. The quantitative estimate of drug-likeness (QED) is 0.717. The van der Waals surface area contributed by atoms with E-state index in [2.05, 4.69) is 0 Å². The molecule has 0 aromatic rings. The maximum absolute atomic E-state index is 11.3. The fraction of sp³-hybridized carbons (Fsp3) is 0.846. The van der Waals surface area contributed by atoms with E-state index in [1.165, 1.54) is 0 Å². The lowest BCUT2D eigenvalue weighted by atomic mass is 10.1. The van der Waals surface area contributed by atoms with Crippen LogP contribution in [0.2, 0.25) is 0 Å². The molecule has 1 unspecified atom stereocenters. The van der Waals surface area contributed by atoms with Crippen LogP contribution in [0.25, 0.3) is 0 Å². The molecule has 1 amide bonds. The Bertz CT molecular complexity index is 219. The summed E-state index contributed by atoms with van der Waals surface area (Å²) in [5, 5.41) is 0. The highest BCUT2D eigenvalue weighted by Crippen LogP contribution is 2.18. The summed E-state index contributed by atoms with van der Waals surface area (Å²) in [6, 6.07) is -0.127. The van der Waals surface area contributed by atoms with Crippen molar-refractivity contribution in [1.82, 2.24) is 4.90 Å². The summed E-state index contributed by atoms with van der Waals surface area (Å²) in [6.07, 6.45) is 2.32. The number of alkyl halides is 1. The number of ketones is 1. The summed E-state index contributed by atoms with van der Waals surface area (Å²) in [4.78, 5) is 24.1. The third-order valence-corrected chi connectivity index (χ3v) is 2.34. The Labute approximate surface area is 111 Å². The second-order valence-corrected chi connectivity index (χ2v) is 4.01. The van der Waals surface area contributed by atoms with Gasteiger partial charge < -0.3 is 4.90 Å². The number of likely N-dealkylation sites (tertiary alicyclic amines) is 1. The van der Waals surface area contributed by atoms with Crippen molar-refractivity contribution in [3.8, 4) is 0 Å². The van der Waals surface area contributed by atoms with Crippen molar-refractivity contribution in [1.29, 1.82) is 0 Å². The average Bonchev–Trinajstić information content (AvgIpc) is 2.81. The lowest BCUT2D eigenvalue weighted by molar-refractivity contribution is -0.136. The molecule has 1 aliphatic rings. The fourth-order valence-electron chi connectivity index (χ4n) is 1.69. The molecule has 1 fully saturated rings. The van der Waals surface area contributed by atoms with Gasteiger partial charge in [-0.15, -0.1) is 11.6 Å². The van der Waals surface area contributed by atoms with Gasteiger partial charge in [0.05, 0.1) is 6.04 Å². The molecule has 0 aromatic carbocycles. The number of rotatable bonds is 2. The number of Topliss-reactive ketones (excluding diaryl/α,β-unsaturated/α-hetero) is 1. The maximum Gasteiger partial charge on any atom is 0.222 e. The molecule has 4 heteroatoms. The summed E-state index contributed by atoms with van der Waals surface area (Å²) in [6.45, 7) is 10.0. The van der Waals surface area contributed by atoms with Crippen molar-refractivity contribution >= 4 is 23.3 Å². The van der Waals surface area contributed by atoms with Gasteiger partial charge in [-0.1, -0.05) is 27.7 Å². The van der Waals surface area contributed by atoms with E-state index in [0.29, 0.717) is 6.42 Å². The van der Waals surface area contributed by atoms with Crippen LogP contribution in [0.3, 0.4) is 0 Å². The van der Waals surface area contributed by atoms with Crippen molar-refractivity contribution < 1.29 is 9.59 Å². The Balaban J connectivity index is 0. The van der Waals surface area contributed by atoms with Gasteiger partial charge in [0.15, 0.2) is 5.78 Å². The van der Waals surface area contributed by atoms with Crippen molar-refractivity contribution in [3.05, 3.63) is 0 Å². The fourth-order valence-corrected chi connectivity index (χ4v) is 1.69. The summed E-state index contributed by atoms with van der Waals surface area (Å²) in [5.74, 6) is 0.946. The zero-order valence-corrected chi connectivity index (χ0v) is 12.5. The molecular weight excluding hydrogens is 238 g/mol. The summed E-state index contributed by atoms with van der Waals surface area (Å²) in [5.41, 5.74) is 0. The highest BCUT2D eigenvalue weighted by molar-refractivity contribution is 6.17. The molecule has 0 aromatic heterocycles. The zero-order chi connectivity index (χ0) is 13.8. The van der Waals surface area contributed by atoms with Crippen LogP contribution in [-0.2, 0) is 9.59 Å². The number of nitrogens with zero attached hydrogens (tertiary/aromatic N) is 1. The largest absolute Gasteiger partial charge is 0.333 e. The smallest absolute Gasteiger partial charge is 0.222 e. The second-order valence-electron chi connectivity index (χ2n) is 3.48. The Hall–Kier alpha value is -0.570. The number of halogens is 1. The van der Waals surface area contributed by atoms with Crippen LogP contribution in [0.15, 0.2) is 0 Å². The number of amides is 1. The van der Waals surface area contributed by atoms with Crippen molar-refractivity contribution in [2.24, 2.45) is 0 Å². The van der Waals surface area contributed by atoms with Crippen LogP contribution in [0.5, 0.6) is 0 Å². The molecule has 17 heavy (non-hydrogen) atoms. The molecular formula is C13H26ClNO2. The van der Waals surface area contributed by atoms with Gasteiger partial charge in [-0.3, -0.25) is 9.59 Å². The van der Waals surface area contributed by atoms with E-state index in [1.807, 2.05) is 27.7 Å². The van der Waals surface area contributed by atoms with Gasteiger partial charge in [0.2, 0.25) is 5.91 Å². The number of hydrogen-bond donors (Lipinski definition) is 0. The lowest BCUT2D eigenvalue weighted by Crippen LogP contribution is -2.39. The van der Waals surface area contributed by atoms with Gasteiger partial charge >= 0.3 is 0 Å². The normalized spacial score (nSPS) is 17.5. The number of carbonyl (C=O) groups is 2. The number of carbonyl (C=O) groups excluding carboxylic acids is 2. The lowest BCUT2D eigenvalue weighted by Gasteiger charge is -2.21. The molecule has 0 bridgehead atoms. The highest BCUT2D eigenvalue weighted by atomic mass is 35.5. The predicted molar refractivity (Wildman–Crippen MR) is 73.4 cm³/mol. The Morgan fingerprint density at radius 3 is 2.12 bits per heavy atom. The van der Waals surface area contributed by atoms with Crippen molar-refractivity contribution in [3.63, 3.8) is 0 Å². The minimum Gasteiger partial charge on any atom is -0.333 e. The first-order valence-electron chi connectivity index (χ1n) is 6.44. The van der Waals surface area contributed by atoms with E-state index in [1.54, 1.807) is 11.8 Å². The molecule has 3 nitrogen and oxygen atoms in total. The van der Waals surface area contributed by atoms with E-state index < -0.39 is 0 Å². The van der Waals surface area contributed by atoms with Crippen LogP contribution >= 0.6 is 11.6 Å². The third-order valence-electron chi connectivity index (χ3n) is 2.34. The Morgan fingerprint density at radius 2 is 1.76 bits per heavy atom. The van der Waals surface area contributed by atoms with Gasteiger partial charge in [0, 0.05) is 18.8 Å². The zero-order valence-electron chi connectivity index (χ0n) is 11.8. The molecule has 0 N–H and O–H groups in total.